The highest BCUT2D eigenvalue weighted by Crippen LogP contribution is 2.18. The van der Waals surface area contributed by atoms with Crippen LogP contribution < -0.4 is 15.5 Å². The van der Waals surface area contributed by atoms with Crippen LogP contribution in [0.4, 0.5) is 5.82 Å². The minimum atomic E-state index is 0.475. The van der Waals surface area contributed by atoms with Crippen molar-refractivity contribution in [2.75, 3.05) is 25.0 Å². The molecule has 0 atom stereocenters. The van der Waals surface area contributed by atoms with Crippen LogP contribution in [0.5, 0.6) is 0 Å². The molecule has 5 nitrogen and oxygen atoms in total. The van der Waals surface area contributed by atoms with E-state index in [0.29, 0.717) is 6.04 Å². The molecule has 0 aromatic carbocycles. The predicted octanol–water partition coefficient (Wildman–Crippen LogP) is 2.46. The highest BCUT2D eigenvalue weighted by atomic mass is 15.2. The van der Waals surface area contributed by atoms with E-state index in [2.05, 4.69) is 49.8 Å². The maximum absolute atomic E-state index is 4.54. The van der Waals surface area contributed by atoms with Gasteiger partial charge >= 0.3 is 0 Å². The van der Waals surface area contributed by atoms with Gasteiger partial charge in [0.05, 0.1) is 0 Å². The maximum atomic E-state index is 4.54. The number of piperidine rings is 1. The molecule has 0 bridgehead atoms. The molecule has 1 aliphatic carbocycles. The first-order chi connectivity index (χ1) is 11.3. The number of rotatable bonds is 4. The number of nitrogens with one attached hydrogen (secondary N) is 2. The summed E-state index contributed by atoms with van der Waals surface area (Å²) in [6.07, 6.45) is 12.4. The van der Waals surface area contributed by atoms with Crippen LogP contribution in [0.2, 0.25) is 0 Å². The zero-order valence-electron chi connectivity index (χ0n) is 14.0. The van der Waals surface area contributed by atoms with E-state index < -0.39 is 0 Å². The van der Waals surface area contributed by atoms with Gasteiger partial charge in [0, 0.05) is 38.9 Å². The monoisotopic (exact) mass is 313 g/mol. The molecule has 2 heterocycles. The molecule has 0 amide bonds. The molecule has 5 heteroatoms. The average molecular weight is 313 g/mol. The van der Waals surface area contributed by atoms with E-state index in [1.165, 1.54) is 24.8 Å². The van der Waals surface area contributed by atoms with Gasteiger partial charge in [0.2, 0.25) is 0 Å². The summed E-state index contributed by atoms with van der Waals surface area (Å²) in [5.74, 6) is 1.97. The number of aliphatic imine (C=N–C) groups is 1. The van der Waals surface area contributed by atoms with Gasteiger partial charge < -0.3 is 15.5 Å². The molecule has 0 unspecified atom stereocenters. The van der Waals surface area contributed by atoms with Crippen molar-refractivity contribution >= 4 is 11.8 Å². The Morgan fingerprint density at radius 3 is 2.78 bits per heavy atom. The molecule has 1 aromatic heterocycles. The van der Waals surface area contributed by atoms with Crippen LogP contribution in [0, 0.1) is 0 Å². The van der Waals surface area contributed by atoms with Gasteiger partial charge in [-0.05, 0) is 49.8 Å². The van der Waals surface area contributed by atoms with E-state index in [9.17, 15) is 0 Å². The Labute approximate surface area is 138 Å². The fourth-order valence-electron chi connectivity index (χ4n) is 3.18. The zero-order valence-corrected chi connectivity index (χ0v) is 14.0. The Balaban J connectivity index is 1.54. The lowest BCUT2D eigenvalue weighted by Gasteiger charge is -2.28. The Bertz CT molecular complexity index is 552. The van der Waals surface area contributed by atoms with Gasteiger partial charge in [-0.3, -0.25) is 4.99 Å². The summed E-state index contributed by atoms with van der Waals surface area (Å²) in [5.41, 5.74) is 1.24. The number of hydrogen-bond acceptors (Lipinski definition) is 3. The highest BCUT2D eigenvalue weighted by molar-refractivity contribution is 5.80. The molecule has 3 rings (SSSR count). The molecule has 2 N–H and O–H groups in total. The summed E-state index contributed by atoms with van der Waals surface area (Å²) in [4.78, 5) is 11.3. The number of pyridine rings is 1. The third-order valence-electron chi connectivity index (χ3n) is 4.52. The molecule has 1 fully saturated rings. The van der Waals surface area contributed by atoms with Gasteiger partial charge in [0.25, 0.3) is 0 Å². The molecule has 2 aliphatic rings. The molecule has 0 saturated carbocycles. The molecular weight excluding hydrogens is 286 g/mol. The largest absolute Gasteiger partial charge is 0.357 e. The Hall–Kier alpha value is -2.04. The second-order valence-corrected chi connectivity index (χ2v) is 6.28. The van der Waals surface area contributed by atoms with Crippen molar-refractivity contribution < 1.29 is 0 Å². The first-order valence-corrected chi connectivity index (χ1v) is 8.67. The fraction of sp³-hybridized carbons (Fsp3) is 0.556. The summed E-state index contributed by atoms with van der Waals surface area (Å²) in [6, 6.07) is 4.75. The van der Waals surface area contributed by atoms with Crippen LogP contribution in [0.3, 0.4) is 0 Å². The van der Waals surface area contributed by atoms with Crippen LogP contribution >= 0.6 is 0 Å². The lowest BCUT2D eigenvalue weighted by atomic mass is 10.1. The fourth-order valence-corrected chi connectivity index (χ4v) is 3.18. The van der Waals surface area contributed by atoms with Crippen molar-refractivity contribution in [3.63, 3.8) is 0 Å². The van der Waals surface area contributed by atoms with E-state index >= 15 is 0 Å². The lowest BCUT2D eigenvalue weighted by molar-refractivity contribution is 0.573. The zero-order chi connectivity index (χ0) is 15.9. The molecule has 1 aliphatic heterocycles. The Morgan fingerprint density at radius 1 is 1.26 bits per heavy atom. The first-order valence-electron chi connectivity index (χ1n) is 8.67. The van der Waals surface area contributed by atoms with Gasteiger partial charge in [-0.15, -0.1) is 0 Å². The van der Waals surface area contributed by atoms with E-state index in [0.717, 1.165) is 44.3 Å². The third-order valence-corrected chi connectivity index (χ3v) is 4.52. The second-order valence-electron chi connectivity index (χ2n) is 6.28. The number of anilines is 1. The molecule has 0 spiro atoms. The van der Waals surface area contributed by atoms with Crippen molar-refractivity contribution in [2.24, 2.45) is 4.99 Å². The highest BCUT2D eigenvalue weighted by Gasteiger charge is 2.13. The lowest BCUT2D eigenvalue weighted by Crippen LogP contribution is -2.42. The second kappa shape index (κ2) is 7.99. The van der Waals surface area contributed by atoms with Crippen LogP contribution in [-0.4, -0.2) is 37.1 Å². The van der Waals surface area contributed by atoms with Crippen molar-refractivity contribution in [3.05, 3.63) is 36.0 Å². The van der Waals surface area contributed by atoms with Crippen LogP contribution in [0.25, 0.3) is 0 Å². The standard InChI is InChI=1S/C18H27N5/c1-19-18(22-16-7-3-4-8-16)21-14-15-9-10-20-17(13-15)23-11-5-2-6-12-23/h3-4,9-10,13,16H,2,5-8,11-12,14H2,1H3,(H2,19,21,22). The molecule has 1 saturated heterocycles. The van der Waals surface area contributed by atoms with Crippen molar-refractivity contribution in [3.8, 4) is 0 Å². The van der Waals surface area contributed by atoms with E-state index in [1.807, 2.05) is 13.2 Å². The Morgan fingerprint density at radius 2 is 2.04 bits per heavy atom. The quantitative estimate of drug-likeness (QED) is 0.509. The smallest absolute Gasteiger partial charge is 0.191 e. The molecule has 124 valence electrons. The number of nitrogens with zero attached hydrogens (tertiary/aromatic N) is 3. The number of guanidine groups is 1. The van der Waals surface area contributed by atoms with E-state index in [4.69, 9.17) is 0 Å². The SMILES string of the molecule is CN=C(NCc1ccnc(N2CCCCC2)c1)NC1CC=CC1. The van der Waals surface area contributed by atoms with Crippen LogP contribution in [0.1, 0.15) is 37.7 Å². The number of aromatic nitrogens is 1. The predicted molar refractivity (Wildman–Crippen MR) is 95.8 cm³/mol. The molecule has 0 radical (unpaired) electrons. The van der Waals surface area contributed by atoms with E-state index in [1.54, 1.807) is 0 Å². The van der Waals surface area contributed by atoms with Gasteiger partial charge in [0.15, 0.2) is 5.96 Å². The summed E-state index contributed by atoms with van der Waals surface area (Å²) in [7, 11) is 1.82. The first kappa shape index (κ1) is 15.8. The minimum absolute atomic E-state index is 0.475. The van der Waals surface area contributed by atoms with Gasteiger partial charge in [-0.1, -0.05) is 12.2 Å². The Kier molecular flexibility index (Phi) is 5.51. The van der Waals surface area contributed by atoms with Gasteiger partial charge in [-0.25, -0.2) is 4.98 Å². The molecule has 23 heavy (non-hydrogen) atoms. The van der Waals surface area contributed by atoms with Crippen molar-refractivity contribution in [2.45, 2.75) is 44.7 Å². The summed E-state index contributed by atoms with van der Waals surface area (Å²) in [6.45, 7) is 3.02. The molecule has 1 aromatic rings. The van der Waals surface area contributed by atoms with Crippen LogP contribution in [-0.2, 0) is 6.54 Å². The third kappa shape index (κ3) is 4.47. The van der Waals surface area contributed by atoms with E-state index in [-0.39, 0.29) is 0 Å². The normalized spacial score (nSPS) is 19.2. The van der Waals surface area contributed by atoms with Crippen LogP contribution in [0.15, 0.2) is 35.5 Å². The minimum Gasteiger partial charge on any atom is -0.357 e. The van der Waals surface area contributed by atoms with Gasteiger partial charge in [0.1, 0.15) is 5.82 Å². The maximum Gasteiger partial charge on any atom is 0.191 e. The summed E-state index contributed by atoms with van der Waals surface area (Å²) < 4.78 is 0. The summed E-state index contributed by atoms with van der Waals surface area (Å²) >= 11 is 0. The number of hydrogen-bond donors (Lipinski definition) is 2. The van der Waals surface area contributed by atoms with Crippen molar-refractivity contribution in [1.29, 1.82) is 0 Å². The average Bonchev–Trinajstić information content (AvgIpc) is 3.13. The molecular formula is C18H27N5. The van der Waals surface area contributed by atoms with Crippen molar-refractivity contribution in [1.82, 2.24) is 15.6 Å². The topological polar surface area (TPSA) is 52.6 Å². The van der Waals surface area contributed by atoms with Gasteiger partial charge in [-0.2, -0.15) is 0 Å². The summed E-state index contributed by atoms with van der Waals surface area (Å²) in [5, 5.41) is 6.87.